The van der Waals surface area contributed by atoms with Gasteiger partial charge in [-0.3, -0.25) is 9.69 Å². The summed E-state index contributed by atoms with van der Waals surface area (Å²) in [4.78, 5) is 15.2. The zero-order chi connectivity index (χ0) is 17.5. The highest BCUT2D eigenvalue weighted by molar-refractivity contribution is 5.85. The van der Waals surface area contributed by atoms with E-state index in [0.717, 1.165) is 44.0 Å². The van der Waals surface area contributed by atoms with Crippen LogP contribution in [-0.4, -0.2) is 49.8 Å². The van der Waals surface area contributed by atoms with Gasteiger partial charge in [-0.15, -0.1) is 12.4 Å². The molecule has 0 aliphatic carbocycles. The van der Waals surface area contributed by atoms with Gasteiger partial charge in [-0.05, 0) is 18.1 Å². The number of halogens is 1. The predicted octanol–water partition coefficient (Wildman–Crippen LogP) is 3.50. The molecule has 0 radical (unpaired) electrons. The topological polar surface area (TPSA) is 38.8 Å². The largest absolute Gasteiger partial charge is 0.461 e. The van der Waals surface area contributed by atoms with Crippen molar-refractivity contribution in [3.8, 4) is 0 Å². The fourth-order valence-corrected chi connectivity index (χ4v) is 3.21. The molecule has 0 aromatic heterocycles. The van der Waals surface area contributed by atoms with E-state index in [2.05, 4.69) is 4.90 Å². The van der Waals surface area contributed by atoms with Crippen LogP contribution in [0.2, 0.25) is 0 Å². The summed E-state index contributed by atoms with van der Waals surface area (Å²) in [5.41, 5.74) is 1.91. The molecule has 3 rings (SSSR count). The van der Waals surface area contributed by atoms with Gasteiger partial charge < -0.3 is 9.47 Å². The van der Waals surface area contributed by atoms with Gasteiger partial charge in [0.1, 0.15) is 12.0 Å². The van der Waals surface area contributed by atoms with Gasteiger partial charge >= 0.3 is 5.97 Å². The molecule has 5 heteroatoms. The van der Waals surface area contributed by atoms with E-state index in [1.54, 1.807) is 0 Å². The van der Waals surface area contributed by atoms with Crippen molar-refractivity contribution in [2.75, 3.05) is 32.8 Å². The molecule has 0 spiro atoms. The Hall–Kier alpha value is -1.88. The first-order chi connectivity index (χ1) is 12.2. The molecule has 1 aliphatic heterocycles. The number of hydrogen-bond acceptors (Lipinski definition) is 4. The summed E-state index contributed by atoms with van der Waals surface area (Å²) < 4.78 is 11.2. The Morgan fingerprint density at radius 2 is 1.50 bits per heavy atom. The van der Waals surface area contributed by atoms with Crippen LogP contribution >= 0.6 is 12.4 Å². The summed E-state index contributed by atoms with van der Waals surface area (Å²) in [5.74, 6) is -0.590. The minimum atomic E-state index is -0.394. The summed E-state index contributed by atoms with van der Waals surface area (Å²) in [7, 11) is 0. The third-order valence-corrected chi connectivity index (χ3v) is 4.44. The second-order valence-corrected chi connectivity index (χ2v) is 6.41. The standard InChI is InChI=1S/C21H25NO3.ClH/c1-17(16-22-12-14-24-15-13-22)25-21(23)20(18-8-4-2-5-9-18)19-10-6-3-7-11-19;/h2-11,17,20H,12-16H2,1H3;1H. The summed E-state index contributed by atoms with van der Waals surface area (Å²) in [6.07, 6.45) is -0.152. The van der Waals surface area contributed by atoms with Crippen LogP contribution in [0.25, 0.3) is 0 Å². The normalized spacial score (nSPS) is 15.9. The van der Waals surface area contributed by atoms with Gasteiger partial charge in [0.05, 0.1) is 13.2 Å². The second kappa shape index (κ2) is 10.3. The molecule has 0 saturated carbocycles. The lowest BCUT2D eigenvalue weighted by atomic mass is 9.91. The molecule has 2 aromatic carbocycles. The first-order valence-corrected chi connectivity index (χ1v) is 8.84. The number of hydrogen-bond donors (Lipinski definition) is 0. The number of morpholine rings is 1. The van der Waals surface area contributed by atoms with E-state index in [4.69, 9.17) is 9.47 Å². The predicted molar refractivity (Wildman–Crippen MR) is 105 cm³/mol. The van der Waals surface area contributed by atoms with E-state index >= 15 is 0 Å². The van der Waals surface area contributed by atoms with Gasteiger partial charge in [-0.25, -0.2) is 0 Å². The Labute approximate surface area is 161 Å². The summed E-state index contributed by atoms with van der Waals surface area (Å²) >= 11 is 0. The van der Waals surface area contributed by atoms with Crippen LogP contribution in [0.1, 0.15) is 24.0 Å². The minimum Gasteiger partial charge on any atom is -0.461 e. The van der Waals surface area contributed by atoms with E-state index in [1.165, 1.54) is 0 Å². The van der Waals surface area contributed by atoms with Crippen molar-refractivity contribution in [3.63, 3.8) is 0 Å². The summed E-state index contributed by atoms with van der Waals surface area (Å²) in [6.45, 7) is 5.98. The first-order valence-electron chi connectivity index (χ1n) is 8.84. The Balaban J connectivity index is 0.00000243. The Bertz CT molecular complexity index is 620. The average Bonchev–Trinajstić information content (AvgIpc) is 2.64. The number of rotatable bonds is 6. The van der Waals surface area contributed by atoms with Crippen molar-refractivity contribution in [3.05, 3.63) is 71.8 Å². The molecule has 0 N–H and O–H groups in total. The van der Waals surface area contributed by atoms with Crippen LogP contribution in [0.4, 0.5) is 0 Å². The van der Waals surface area contributed by atoms with Crippen LogP contribution < -0.4 is 0 Å². The van der Waals surface area contributed by atoms with E-state index in [9.17, 15) is 4.79 Å². The zero-order valence-corrected chi connectivity index (χ0v) is 15.9. The Morgan fingerprint density at radius 1 is 1.00 bits per heavy atom. The number of carbonyl (C=O) groups excluding carboxylic acids is 1. The fraction of sp³-hybridized carbons (Fsp3) is 0.381. The monoisotopic (exact) mass is 375 g/mol. The van der Waals surface area contributed by atoms with Crippen molar-refractivity contribution in [2.24, 2.45) is 0 Å². The number of esters is 1. The molecular formula is C21H26ClNO3. The van der Waals surface area contributed by atoms with Crippen LogP contribution in [0.5, 0.6) is 0 Å². The van der Waals surface area contributed by atoms with Crippen molar-refractivity contribution in [2.45, 2.75) is 18.9 Å². The fourth-order valence-electron chi connectivity index (χ4n) is 3.21. The molecule has 1 aliphatic rings. The number of benzene rings is 2. The zero-order valence-electron chi connectivity index (χ0n) is 15.0. The maximum Gasteiger partial charge on any atom is 0.318 e. The van der Waals surface area contributed by atoms with Crippen molar-refractivity contribution in [1.82, 2.24) is 4.90 Å². The second-order valence-electron chi connectivity index (χ2n) is 6.41. The van der Waals surface area contributed by atoms with Gasteiger partial charge in [0.2, 0.25) is 0 Å². The molecule has 1 heterocycles. The Kier molecular flexibility index (Phi) is 8.10. The molecule has 1 saturated heterocycles. The lowest BCUT2D eigenvalue weighted by Gasteiger charge is -2.29. The van der Waals surface area contributed by atoms with Crippen LogP contribution in [-0.2, 0) is 14.3 Å². The third-order valence-electron chi connectivity index (χ3n) is 4.44. The highest BCUT2D eigenvalue weighted by atomic mass is 35.5. The number of ether oxygens (including phenoxy) is 2. The highest BCUT2D eigenvalue weighted by Crippen LogP contribution is 2.26. The van der Waals surface area contributed by atoms with E-state index in [0.29, 0.717) is 0 Å². The molecule has 2 aromatic rings. The van der Waals surface area contributed by atoms with Crippen LogP contribution in [0.3, 0.4) is 0 Å². The average molecular weight is 376 g/mol. The maximum absolute atomic E-state index is 12.9. The van der Waals surface area contributed by atoms with Gasteiger partial charge in [-0.2, -0.15) is 0 Å². The van der Waals surface area contributed by atoms with Crippen molar-refractivity contribution in [1.29, 1.82) is 0 Å². The smallest absolute Gasteiger partial charge is 0.318 e. The minimum absolute atomic E-state index is 0. The SMILES string of the molecule is CC(CN1CCOCC1)OC(=O)C(c1ccccc1)c1ccccc1.Cl. The van der Waals surface area contributed by atoms with E-state index < -0.39 is 5.92 Å². The molecule has 140 valence electrons. The first kappa shape index (κ1) is 20.4. The van der Waals surface area contributed by atoms with E-state index in [-0.39, 0.29) is 24.5 Å². The lowest BCUT2D eigenvalue weighted by Crippen LogP contribution is -2.41. The third kappa shape index (κ3) is 5.56. The molecule has 1 atom stereocenters. The maximum atomic E-state index is 12.9. The molecule has 0 amide bonds. The van der Waals surface area contributed by atoms with Gasteiger partial charge in [-0.1, -0.05) is 60.7 Å². The highest BCUT2D eigenvalue weighted by Gasteiger charge is 2.26. The van der Waals surface area contributed by atoms with Crippen LogP contribution in [0, 0.1) is 0 Å². The molecule has 1 unspecified atom stereocenters. The van der Waals surface area contributed by atoms with E-state index in [1.807, 2.05) is 67.6 Å². The van der Waals surface area contributed by atoms with Gasteiger partial charge in [0, 0.05) is 19.6 Å². The molecule has 1 fully saturated rings. The summed E-state index contributed by atoms with van der Waals surface area (Å²) in [6, 6.07) is 19.6. The molecule has 0 bridgehead atoms. The van der Waals surface area contributed by atoms with Gasteiger partial charge in [0.25, 0.3) is 0 Å². The Morgan fingerprint density at radius 3 is 2.00 bits per heavy atom. The van der Waals surface area contributed by atoms with Crippen LogP contribution in [0.15, 0.2) is 60.7 Å². The van der Waals surface area contributed by atoms with Crippen molar-refractivity contribution >= 4 is 18.4 Å². The molecule has 26 heavy (non-hydrogen) atoms. The summed E-state index contributed by atoms with van der Waals surface area (Å²) in [5, 5.41) is 0. The van der Waals surface area contributed by atoms with Gasteiger partial charge in [0.15, 0.2) is 0 Å². The number of nitrogens with zero attached hydrogens (tertiary/aromatic N) is 1. The molecular weight excluding hydrogens is 350 g/mol. The quantitative estimate of drug-likeness (QED) is 0.724. The van der Waals surface area contributed by atoms with Crippen molar-refractivity contribution < 1.29 is 14.3 Å². The lowest BCUT2D eigenvalue weighted by molar-refractivity contribution is -0.150. The molecule has 4 nitrogen and oxygen atoms in total. The number of carbonyl (C=O) groups is 1.